The second kappa shape index (κ2) is 6.18. The van der Waals surface area contributed by atoms with Gasteiger partial charge in [-0.1, -0.05) is 23.9 Å². The van der Waals surface area contributed by atoms with Gasteiger partial charge in [-0.05, 0) is 71.8 Å². The van der Waals surface area contributed by atoms with E-state index in [-0.39, 0.29) is 16.3 Å². The number of carbonyl (C=O) groups is 1. The van der Waals surface area contributed by atoms with Crippen molar-refractivity contribution in [2.24, 2.45) is 0 Å². The van der Waals surface area contributed by atoms with Crippen molar-refractivity contribution in [3.63, 3.8) is 0 Å². The summed E-state index contributed by atoms with van der Waals surface area (Å²) < 4.78 is 0. The summed E-state index contributed by atoms with van der Waals surface area (Å²) in [6.45, 7) is 0. The van der Waals surface area contributed by atoms with Crippen LogP contribution in [0.3, 0.4) is 0 Å². The van der Waals surface area contributed by atoms with E-state index in [0.717, 1.165) is 50.4 Å². The quantitative estimate of drug-likeness (QED) is 0.319. The van der Waals surface area contributed by atoms with Crippen LogP contribution in [0.25, 0.3) is 46.4 Å². The molecule has 2 atom stereocenters. The average molecular weight is 420 g/mol. The molecule has 5 aliphatic rings. The molecule has 0 spiro atoms. The molecule has 0 fully saturated rings. The molecule has 0 radical (unpaired) electrons. The Bertz CT molecular complexity index is 1550. The Morgan fingerprint density at radius 1 is 0.710 bits per heavy atom. The first-order valence-electron chi connectivity index (χ1n) is 10.2. The van der Waals surface area contributed by atoms with E-state index in [9.17, 15) is 4.79 Å². The molecule has 0 amide bonds. The summed E-state index contributed by atoms with van der Waals surface area (Å²) in [5, 5.41) is 0.245. The molecular weight excluding hydrogens is 404 g/mol. The van der Waals surface area contributed by atoms with Crippen LogP contribution in [0.5, 0.6) is 0 Å². The van der Waals surface area contributed by atoms with Crippen molar-refractivity contribution in [2.75, 3.05) is 0 Å². The van der Waals surface area contributed by atoms with E-state index in [2.05, 4.69) is 22.1 Å². The van der Waals surface area contributed by atoms with E-state index in [0.29, 0.717) is 0 Å². The molecule has 31 heavy (non-hydrogen) atoms. The standard InChI is InChI=1S/C25H16N4OS/c30-25-19-7-8-22(31-25)24-21-12-18-6-4-16(28-18)10-14-2-1-13(26-14)9-15-3-5-17(27-15)11-20(29-21)23(19)24/h1-12,19,22,26,29H. The highest BCUT2D eigenvalue weighted by atomic mass is 32.2. The Morgan fingerprint density at radius 2 is 1.29 bits per heavy atom. The highest BCUT2D eigenvalue weighted by Gasteiger charge is 2.38. The van der Waals surface area contributed by atoms with Crippen LogP contribution in [0, 0.1) is 0 Å². The molecule has 10 bridgehead atoms. The molecule has 1 aliphatic carbocycles. The van der Waals surface area contributed by atoms with Crippen LogP contribution in [0.1, 0.15) is 45.1 Å². The number of rotatable bonds is 0. The summed E-state index contributed by atoms with van der Waals surface area (Å²) in [4.78, 5) is 29.1. The number of H-pyrrole nitrogens is 2. The zero-order valence-corrected chi connectivity index (χ0v) is 17.1. The molecule has 2 unspecified atom stereocenters. The molecule has 7 heterocycles. The van der Waals surface area contributed by atoms with Gasteiger partial charge in [-0.15, -0.1) is 0 Å². The lowest BCUT2D eigenvalue weighted by Crippen LogP contribution is -2.20. The lowest BCUT2D eigenvalue weighted by molar-refractivity contribution is -0.111. The fraction of sp³-hybridized carbons (Fsp3) is 0.0800. The minimum Gasteiger partial charge on any atom is -0.355 e. The molecule has 5 nitrogen and oxygen atoms in total. The third-order valence-corrected chi connectivity index (χ3v) is 7.13. The maximum atomic E-state index is 12.6. The lowest BCUT2D eigenvalue weighted by atomic mass is 9.89. The minimum atomic E-state index is -0.216. The van der Waals surface area contributed by atoms with Gasteiger partial charge in [0.25, 0.3) is 0 Å². The zero-order valence-electron chi connectivity index (χ0n) is 16.3. The highest BCUT2D eigenvalue weighted by molar-refractivity contribution is 8.14. The van der Waals surface area contributed by atoms with Gasteiger partial charge in [0.15, 0.2) is 0 Å². The average Bonchev–Trinajstić information content (AvgIpc) is 3.53. The van der Waals surface area contributed by atoms with Crippen LogP contribution in [0.4, 0.5) is 0 Å². The summed E-state index contributed by atoms with van der Waals surface area (Å²) in [6, 6.07) is 12.3. The third-order valence-electron chi connectivity index (χ3n) is 6.00. The number of thioether (sulfide) groups is 1. The van der Waals surface area contributed by atoms with E-state index in [1.807, 2.05) is 60.7 Å². The van der Waals surface area contributed by atoms with Crippen LogP contribution in [0.2, 0.25) is 0 Å². The number of allylic oxidation sites excluding steroid dienone is 1. The van der Waals surface area contributed by atoms with E-state index in [1.54, 1.807) is 0 Å². The maximum absolute atomic E-state index is 12.6. The Morgan fingerprint density at radius 3 is 1.90 bits per heavy atom. The van der Waals surface area contributed by atoms with Gasteiger partial charge in [-0.2, -0.15) is 0 Å². The lowest BCUT2D eigenvalue weighted by Gasteiger charge is -2.29. The van der Waals surface area contributed by atoms with Crippen molar-refractivity contribution in [3.8, 4) is 0 Å². The predicted molar refractivity (Wildman–Crippen MR) is 126 cm³/mol. The first-order valence-corrected chi connectivity index (χ1v) is 11.1. The van der Waals surface area contributed by atoms with Crippen molar-refractivity contribution >= 4 is 63.2 Å². The van der Waals surface area contributed by atoms with Crippen molar-refractivity contribution < 1.29 is 4.79 Å². The van der Waals surface area contributed by atoms with Crippen LogP contribution in [-0.2, 0) is 4.79 Å². The Kier molecular flexibility index (Phi) is 3.41. The van der Waals surface area contributed by atoms with Crippen molar-refractivity contribution in [2.45, 2.75) is 11.2 Å². The van der Waals surface area contributed by atoms with Crippen molar-refractivity contribution in [1.29, 1.82) is 0 Å². The topological polar surface area (TPSA) is 74.4 Å². The minimum absolute atomic E-state index is 0.0359. The van der Waals surface area contributed by atoms with Crippen LogP contribution < -0.4 is 0 Å². The Labute approximate surface area is 181 Å². The first-order chi connectivity index (χ1) is 15.2. The summed E-state index contributed by atoms with van der Waals surface area (Å²) in [5.74, 6) is -0.216. The van der Waals surface area contributed by atoms with Crippen molar-refractivity contribution in [3.05, 3.63) is 82.5 Å². The number of carbonyl (C=O) groups excluding carboxylic acids is 1. The van der Waals surface area contributed by atoms with Gasteiger partial charge in [0.05, 0.1) is 33.9 Å². The molecule has 3 aromatic rings. The molecule has 0 aromatic carbocycles. The third kappa shape index (κ3) is 2.68. The first kappa shape index (κ1) is 17.1. The monoisotopic (exact) mass is 420 g/mol. The predicted octanol–water partition coefficient (Wildman–Crippen LogP) is 5.62. The van der Waals surface area contributed by atoms with Crippen LogP contribution >= 0.6 is 11.8 Å². The second-order valence-corrected chi connectivity index (χ2v) is 9.18. The van der Waals surface area contributed by atoms with Gasteiger partial charge in [0.1, 0.15) is 0 Å². The zero-order chi connectivity index (χ0) is 20.5. The molecule has 3 aromatic heterocycles. The summed E-state index contributed by atoms with van der Waals surface area (Å²) in [5.41, 5.74) is 9.77. The molecule has 4 aliphatic heterocycles. The SMILES string of the molecule is O=C1SC2C=CC1c1c2c2cc3nc(cc4ccc(cc5nc(cc1[nH]2)C=C5)[nH]4)C=C3. The number of fused-ring (bicyclic) bond motifs is 9. The van der Waals surface area contributed by atoms with Gasteiger partial charge in [0.2, 0.25) is 5.12 Å². The number of hydrogen-bond donors (Lipinski definition) is 2. The van der Waals surface area contributed by atoms with Crippen LogP contribution in [0.15, 0.2) is 48.6 Å². The van der Waals surface area contributed by atoms with E-state index >= 15 is 0 Å². The fourth-order valence-electron chi connectivity index (χ4n) is 4.66. The molecule has 148 valence electrons. The fourth-order valence-corrected chi connectivity index (χ4v) is 5.79. The molecule has 0 saturated carbocycles. The Balaban J connectivity index is 1.60. The van der Waals surface area contributed by atoms with Gasteiger partial charge in [-0.3, -0.25) is 4.79 Å². The summed E-state index contributed by atoms with van der Waals surface area (Å²) in [6.07, 6.45) is 12.2. The van der Waals surface area contributed by atoms with Gasteiger partial charge in [-0.25, -0.2) is 9.97 Å². The van der Waals surface area contributed by atoms with Crippen LogP contribution in [-0.4, -0.2) is 25.1 Å². The molecule has 2 N–H and O–H groups in total. The molecule has 6 heteroatoms. The van der Waals surface area contributed by atoms with Gasteiger partial charge < -0.3 is 9.97 Å². The number of nitrogens with one attached hydrogen (secondary N) is 2. The highest BCUT2D eigenvalue weighted by Crippen LogP contribution is 2.52. The molecule has 8 rings (SSSR count). The largest absolute Gasteiger partial charge is 0.355 e. The Hall–Kier alpha value is -3.64. The maximum Gasteiger partial charge on any atom is 0.201 e. The van der Waals surface area contributed by atoms with E-state index in [1.165, 1.54) is 17.3 Å². The van der Waals surface area contributed by atoms with Gasteiger partial charge in [0, 0.05) is 22.1 Å². The van der Waals surface area contributed by atoms with Gasteiger partial charge >= 0.3 is 0 Å². The molecular formula is C25H16N4OS. The van der Waals surface area contributed by atoms with E-state index < -0.39 is 0 Å². The molecule has 0 saturated heterocycles. The number of nitrogens with zero attached hydrogens (tertiary/aromatic N) is 2. The summed E-state index contributed by atoms with van der Waals surface area (Å²) >= 11 is 1.41. The normalized spacial score (nSPS) is 20.5. The number of aromatic nitrogens is 4. The van der Waals surface area contributed by atoms with E-state index in [4.69, 9.17) is 9.97 Å². The number of aromatic amines is 2. The van der Waals surface area contributed by atoms with Crippen molar-refractivity contribution in [1.82, 2.24) is 19.9 Å². The second-order valence-electron chi connectivity index (χ2n) is 8.04. The number of hydrogen-bond acceptors (Lipinski definition) is 4. The smallest absolute Gasteiger partial charge is 0.201 e. The summed E-state index contributed by atoms with van der Waals surface area (Å²) in [7, 11) is 0.